The van der Waals surface area contributed by atoms with Crippen LogP contribution in [0.5, 0.6) is 0 Å². The van der Waals surface area contributed by atoms with Gasteiger partial charge in [-0.25, -0.2) is 4.39 Å². The Bertz CT molecular complexity index is 104. The third kappa shape index (κ3) is 7.00. The highest BCUT2D eigenvalue weighted by Gasteiger charge is 2.11. The van der Waals surface area contributed by atoms with Gasteiger partial charge in [-0.1, -0.05) is 33.6 Å². The molecule has 0 aromatic rings. The van der Waals surface area contributed by atoms with Gasteiger partial charge >= 0.3 is 0 Å². The van der Waals surface area contributed by atoms with Crippen molar-refractivity contribution in [1.29, 1.82) is 0 Å². The predicted molar refractivity (Wildman–Crippen MR) is 56.7 cm³/mol. The minimum absolute atomic E-state index is 0.250. The molecular formula is C11H24FN. The van der Waals surface area contributed by atoms with Crippen LogP contribution in [0.25, 0.3) is 0 Å². The molecule has 2 heteroatoms. The molecule has 0 heterocycles. The first-order valence-electron chi connectivity index (χ1n) is 5.49. The average Bonchev–Trinajstić information content (AvgIpc) is 2.10. The summed E-state index contributed by atoms with van der Waals surface area (Å²) in [5.74, 6) is 1.56. The summed E-state index contributed by atoms with van der Waals surface area (Å²) in [5, 5.41) is 3.10. The molecule has 1 nitrogen and oxygen atoms in total. The van der Waals surface area contributed by atoms with Gasteiger partial charge in [-0.3, -0.25) is 0 Å². The van der Waals surface area contributed by atoms with Crippen LogP contribution in [0.2, 0.25) is 0 Å². The van der Waals surface area contributed by atoms with Crippen molar-refractivity contribution in [3.05, 3.63) is 0 Å². The van der Waals surface area contributed by atoms with Gasteiger partial charge in [-0.15, -0.1) is 0 Å². The molecule has 0 aromatic heterocycles. The molecular weight excluding hydrogens is 165 g/mol. The second-order valence-electron chi connectivity index (χ2n) is 4.02. The third-order valence-electron chi connectivity index (χ3n) is 2.57. The molecule has 0 saturated heterocycles. The molecule has 0 amide bonds. The lowest BCUT2D eigenvalue weighted by molar-refractivity contribution is 0.325. The normalized spacial score (nSPS) is 13.6. The van der Waals surface area contributed by atoms with Gasteiger partial charge in [0.2, 0.25) is 0 Å². The first kappa shape index (κ1) is 12.9. The molecule has 0 fully saturated rings. The number of hydrogen-bond donors (Lipinski definition) is 1. The van der Waals surface area contributed by atoms with E-state index in [0.717, 1.165) is 18.4 Å². The van der Waals surface area contributed by atoms with Crippen LogP contribution in [0.15, 0.2) is 0 Å². The molecule has 0 aromatic carbocycles. The Labute approximate surface area is 82.1 Å². The van der Waals surface area contributed by atoms with Gasteiger partial charge in [0, 0.05) is 6.54 Å². The van der Waals surface area contributed by atoms with Crippen molar-refractivity contribution in [1.82, 2.24) is 5.32 Å². The van der Waals surface area contributed by atoms with Gasteiger partial charge in [0.15, 0.2) is 0 Å². The molecule has 0 radical (unpaired) electrons. The van der Waals surface area contributed by atoms with Crippen molar-refractivity contribution in [2.24, 2.45) is 11.8 Å². The molecule has 0 rings (SSSR count). The van der Waals surface area contributed by atoms with E-state index in [1.807, 2.05) is 0 Å². The Morgan fingerprint density at radius 1 is 1.15 bits per heavy atom. The fourth-order valence-electron chi connectivity index (χ4n) is 1.66. The highest BCUT2D eigenvalue weighted by Crippen LogP contribution is 2.19. The topological polar surface area (TPSA) is 12.0 Å². The Hall–Kier alpha value is -0.110. The van der Waals surface area contributed by atoms with E-state index in [9.17, 15) is 4.39 Å². The van der Waals surface area contributed by atoms with E-state index >= 15 is 0 Å². The Kier molecular flexibility index (Phi) is 8.41. The summed E-state index contributed by atoms with van der Waals surface area (Å²) in [4.78, 5) is 0. The van der Waals surface area contributed by atoms with E-state index in [-0.39, 0.29) is 6.67 Å². The molecule has 1 unspecified atom stereocenters. The summed E-state index contributed by atoms with van der Waals surface area (Å²) in [6, 6.07) is 0. The van der Waals surface area contributed by atoms with Crippen LogP contribution < -0.4 is 5.32 Å². The number of halogens is 1. The molecule has 13 heavy (non-hydrogen) atoms. The van der Waals surface area contributed by atoms with Gasteiger partial charge in [0.05, 0.1) is 0 Å². The van der Waals surface area contributed by atoms with Crippen molar-refractivity contribution in [2.75, 3.05) is 19.8 Å². The van der Waals surface area contributed by atoms with Crippen LogP contribution in [0.1, 0.15) is 40.0 Å². The van der Waals surface area contributed by atoms with Crippen LogP contribution in [-0.2, 0) is 0 Å². The standard InChI is InChI=1S/C11H24FN/c1-4-5-11(10(2)3)6-8-13-9-7-12/h10-11,13H,4-9H2,1-3H3. The zero-order valence-electron chi connectivity index (χ0n) is 9.28. The fraction of sp³-hybridized carbons (Fsp3) is 1.00. The van der Waals surface area contributed by atoms with E-state index in [1.54, 1.807) is 0 Å². The highest BCUT2D eigenvalue weighted by molar-refractivity contribution is 4.64. The quantitative estimate of drug-likeness (QED) is 0.579. The first-order valence-corrected chi connectivity index (χ1v) is 5.49. The molecule has 0 spiro atoms. The summed E-state index contributed by atoms with van der Waals surface area (Å²) in [7, 11) is 0. The van der Waals surface area contributed by atoms with Crippen LogP contribution >= 0.6 is 0 Å². The van der Waals surface area contributed by atoms with Crippen molar-refractivity contribution in [2.45, 2.75) is 40.0 Å². The number of rotatable bonds is 8. The van der Waals surface area contributed by atoms with E-state index in [2.05, 4.69) is 26.1 Å². The van der Waals surface area contributed by atoms with Crippen LogP contribution in [0.4, 0.5) is 4.39 Å². The van der Waals surface area contributed by atoms with Crippen molar-refractivity contribution >= 4 is 0 Å². The lowest BCUT2D eigenvalue weighted by atomic mass is 9.88. The summed E-state index contributed by atoms with van der Waals surface area (Å²) >= 11 is 0. The average molecular weight is 189 g/mol. The smallest absolute Gasteiger partial charge is 0.102 e. The zero-order chi connectivity index (χ0) is 10.1. The molecule has 0 aliphatic rings. The van der Waals surface area contributed by atoms with Crippen LogP contribution in [-0.4, -0.2) is 19.8 Å². The minimum Gasteiger partial charge on any atom is -0.314 e. The van der Waals surface area contributed by atoms with Crippen molar-refractivity contribution in [3.8, 4) is 0 Å². The molecule has 1 atom stereocenters. The minimum atomic E-state index is -0.250. The van der Waals surface area contributed by atoms with Gasteiger partial charge in [0.1, 0.15) is 6.67 Å². The number of hydrogen-bond acceptors (Lipinski definition) is 1. The maximum absolute atomic E-state index is 11.8. The lowest BCUT2D eigenvalue weighted by Crippen LogP contribution is -2.22. The molecule has 1 N–H and O–H groups in total. The van der Waals surface area contributed by atoms with Gasteiger partial charge in [-0.05, 0) is 24.8 Å². The van der Waals surface area contributed by atoms with Crippen LogP contribution in [0, 0.1) is 11.8 Å². The zero-order valence-corrected chi connectivity index (χ0v) is 9.28. The maximum atomic E-state index is 11.8. The predicted octanol–water partition coefficient (Wildman–Crippen LogP) is 3.01. The van der Waals surface area contributed by atoms with Crippen molar-refractivity contribution in [3.63, 3.8) is 0 Å². The summed E-state index contributed by atoms with van der Waals surface area (Å²) < 4.78 is 11.8. The monoisotopic (exact) mass is 189 g/mol. The van der Waals surface area contributed by atoms with Gasteiger partial charge < -0.3 is 5.32 Å². The largest absolute Gasteiger partial charge is 0.314 e. The highest BCUT2D eigenvalue weighted by atomic mass is 19.1. The third-order valence-corrected chi connectivity index (χ3v) is 2.57. The summed E-state index contributed by atoms with van der Waals surface area (Å²) in [6.45, 7) is 8.00. The maximum Gasteiger partial charge on any atom is 0.102 e. The molecule has 0 aliphatic carbocycles. The van der Waals surface area contributed by atoms with E-state index in [0.29, 0.717) is 6.54 Å². The Morgan fingerprint density at radius 3 is 2.31 bits per heavy atom. The molecule has 0 bridgehead atoms. The van der Waals surface area contributed by atoms with E-state index in [4.69, 9.17) is 0 Å². The first-order chi connectivity index (χ1) is 6.22. The fourth-order valence-corrected chi connectivity index (χ4v) is 1.66. The van der Waals surface area contributed by atoms with Crippen molar-refractivity contribution < 1.29 is 4.39 Å². The summed E-state index contributed by atoms with van der Waals surface area (Å²) in [6.07, 6.45) is 3.74. The molecule has 0 saturated carbocycles. The number of nitrogens with one attached hydrogen (secondary N) is 1. The van der Waals surface area contributed by atoms with E-state index < -0.39 is 0 Å². The van der Waals surface area contributed by atoms with Gasteiger partial charge in [0.25, 0.3) is 0 Å². The Balaban J connectivity index is 3.45. The molecule has 0 aliphatic heterocycles. The van der Waals surface area contributed by atoms with Gasteiger partial charge in [-0.2, -0.15) is 0 Å². The second kappa shape index (κ2) is 8.49. The second-order valence-corrected chi connectivity index (χ2v) is 4.02. The summed E-state index contributed by atoms with van der Waals surface area (Å²) in [5.41, 5.74) is 0. The lowest BCUT2D eigenvalue weighted by Gasteiger charge is -2.20. The molecule has 80 valence electrons. The van der Waals surface area contributed by atoms with E-state index in [1.165, 1.54) is 19.3 Å². The number of alkyl halides is 1. The van der Waals surface area contributed by atoms with Crippen LogP contribution in [0.3, 0.4) is 0 Å². The Morgan fingerprint density at radius 2 is 1.85 bits per heavy atom. The SMILES string of the molecule is CCCC(CCNCCF)C(C)C.